The van der Waals surface area contributed by atoms with Gasteiger partial charge in [0.1, 0.15) is 0 Å². The lowest BCUT2D eigenvalue weighted by atomic mass is 10.1. The number of amides is 1. The summed E-state index contributed by atoms with van der Waals surface area (Å²) in [5.41, 5.74) is 1.22. The fourth-order valence-electron chi connectivity index (χ4n) is 2.50. The summed E-state index contributed by atoms with van der Waals surface area (Å²) in [6.45, 7) is 1.57. The van der Waals surface area contributed by atoms with E-state index in [2.05, 4.69) is 15.5 Å². The molecule has 12 heteroatoms. The van der Waals surface area contributed by atoms with E-state index in [0.717, 1.165) is 11.8 Å². The van der Waals surface area contributed by atoms with Gasteiger partial charge < -0.3 is 11.2 Å². The summed E-state index contributed by atoms with van der Waals surface area (Å²) in [5.74, 6) is 5.96. The van der Waals surface area contributed by atoms with Crippen LogP contribution in [-0.4, -0.2) is 31.5 Å². The van der Waals surface area contributed by atoms with Crippen LogP contribution in [0.15, 0.2) is 41.6 Å². The van der Waals surface area contributed by atoms with Crippen molar-refractivity contribution < 1.29 is 9.72 Å². The predicted octanol–water partition coefficient (Wildman–Crippen LogP) is 3.91. The van der Waals surface area contributed by atoms with E-state index in [1.54, 1.807) is 31.2 Å². The number of thioether (sulfide) groups is 1. The van der Waals surface area contributed by atoms with Crippen molar-refractivity contribution in [1.82, 2.24) is 14.9 Å². The van der Waals surface area contributed by atoms with Gasteiger partial charge in [0.15, 0.2) is 5.82 Å². The molecule has 0 fully saturated rings. The highest BCUT2D eigenvalue weighted by Gasteiger charge is 2.18. The molecule has 0 aliphatic carbocycles. The molecular formula is C17H14Cl2N6O3S. The molecule has 9 nitrogen and oxygen atoms in total. The van der Waals surface area contributed by atoms with Crippen molar-refractivity contribution >= 4 is 52.2 Å². The maximum Gasteiger partial charge on any atom is 0.274 e. The molecule has 0 spiro atoms. The van der Waals surface area contributed by atoms with Crippen LogP contribution in [0.25, 0.3) is 11.4 Å². The number of rotatable bonds is 6. The second-order valence-corrected chi connectivity index (χ2v) is 7.63. The van der Waals surface area contributed by atoms with Gasteiger partial charge in [-0.15, -0.1) is 10.2 Å². The number of nitrogens with one attached hydrogen (secondary N) is 1. The largest absolute Gasteiger partial charge is 0.335 e. The van der Waals surface area contributed by atoms with Gasteiger partial charge in [0.25, 0.3) is 5.69 Å². The van der Waals surface area contributed by atoms with Crippen LogP contribution < -0.4 is 11.2 Å². The fourth-order valence-corrected chi connectivity index (χ4v) is 3.65. The van der Waals surface area contributed by atoms with Gasteiger partial charge in [0.05, 0.1) is 26.9 Å². The molecule has 0 radical (unpaired) electrons. The summed E-state index contributed by atoms with van der Waals surface area (Å²) in [7, 11) is 0. The smallest absolute Gasteiger partial charge is 0.274 e. The molecule has 3 rings (SSSR count). The number of anilines is 1. The Morgan fingerprint density at radius 1 is 1.31 bits per heavy atom. The van der Waals surface area contributed by atoms with E-state index < -0.39 is 4.92 Å². The number of nitro groups is 1. The summed E-state index contributed by atoms with van der Waals surface area (Å²) in [5, 5.41) is 22.8. The van der Waals surface area contributed by atoms with E-state index in [4.69, 9.17) is 29.0 Å². The SMILES string of the molecule is Cc1c(NC(=O)CSc2nnc(-c3ccc(Cl)cc3Cl)n2N)cccc1[N+](=O)[O-]. The normalized spacial score (nSPS) is 10.7. The topological polar surface area (TPSA) is 129 Å². The molecular weight excluding hydrogens is 439 g/mol. The molecule has 29 heavy (non-hydrogen) atoms. The summed E-state index contributed by atoms with van der Waals surface area (Å²) in [6.07, 6.45) is 0. The maximum atomic E-state index is 12.3. The van der Waals surface area contributed by atoms with Gasteiger partial charge in [-0.1, -0.05) is 41.0 Å². The standard InChI is InChI=1S/C17H14Cl2N6O3S/c1-9-13(3-2-4-14(9)25(27)28)21-15(26)8-29-17-23-22-16(24(17)20)11-6-5-10(18)7-12(11)19/h2-7H,8,20H2,1H3,(H,21,26). The van der Waals surface area contributed by atoms with Crippen molar-refractivity contribution in [1.29, 1.82) is 0 Å². The molecule has 0 saturated carbocycles. The molecule has 0 bridgehead atoms. The Hall–Kier alpha value is -2.82. The summed E-state index contributed by atoms with van der Waals surface area (Å²) < 4.78 is 1.23. The van der Waals surface area contributed by atoms with Crippen LogP contribution in [0.3, 0.4) is 0 Å². The third-order valence-electron chi connectivity index (χ3n) is 3.94. The lowest BCUT2D eigenvalue weighted by molar-refractivity contribution is -0.385. The third-order valence-corrected chi connectivity index (χ3v) is 5.44. The van der Waals surface area contributed by atoms with E-state index >= 15 is 0 Å². The number of nitro benzene ring substituents is 1. The van der Waals surface area contributed by atoms with E-state index in [1.165, 1.54) is 16.8 Å². The Labute approximate surface area is 179 Å². The molecule has 3 aromatic rings. The first-order chi connectivity index (χ1) is 13.8. The summed E-state index contributed by atoms with van der Waals surface area (Å²) in [6, 6.07) is 9.36. The van der Waals surface area contributed by atoms with Gasteiger partial charge in [-0.2, -0.15) is 0 Å². The number of nitrogen functional groups attached to an aromatic ring is 1. The zero-order valence-electron chi connectivity index (χ0n) is 14.9. The van der Waals surface area contributed by atoms with Crippen molar-refractivity contribution in [3.8, 4) is 11.4 Å². The highest BCUT2D eigenvalue weighted by molar-refractivity contribution is 7.99. The number of carbonyl (C=O) groups is 1. The van der Waals surface area contributed by atoms with Crippen LogP contribution in [0.2, 0.25) is 10.0 Å². The molecule has 0 aliphatic heterocycles. The molecule has 0 atom stereocenters. The Kier molecular flexibility index (Phi) is 6.26. The number of hydrogen-bond donors (Lipinski definition) is 2. The first-order valence-corrected chi connectivity index (χ1v) is 9.84. The number of nitrogens with zero attached hydrogens (tertiary/aromatic N) is 4. The van der Waals surface area contributed by atoms with E-state index in [-0.39, 0.29) is 17.3 Å². The minimum atomic E-state index is -0.500. The average Bonchev–Trinajstić information content (AvgIpc) is 3.02. The zero-order chi connectivity index (χ0) is 21.1. The van der Waals surface area contributed by atoms with Gasteiger partial charge in [-0.25, -0.2) is 4.68 Å². The second-order valence-electron chi connectivity index (χ2n) is 5.84. The Morgan fingerprint density at radius 3 is 2.76 bits per heavy atom. The van der Waals surface area contributed by atoms with Gasteiger partial charge in [0, 0.05) is 16.7 Å². The third kappa shape index (κ3) is 4.61. The number of halogens is 2. The van der Waals surface area contributed by atoms with Crippen molar-refractivity contribution in [2.45, 2.75) is 12.1 Å². The molecule has 3 N–H and O–H groups in total. The monoisotopic (exact) mass is 452 g/mol. The molecule has 0 unspecified atom stereocenters. The second kappa shape index (κ2) is 8.68. The van der Waals surface area contributed by atoms with Gasteiger partial charge in [0.2, 0.25) is 11.1 Å². The summed E-state index contributed by atoms with van der Waals surface area (Å²) >= 11 is 13.1. The van der Waals surface area contributed by atoms with Crippen molar-refractivity contribution in [2.24, 2.45) is 0 Å². The lowest BCUT2D eigenvalue weighted by Gasteiger charge is -2.08. The van der Waals surface area contributed by atoms with Crippen LogP contribution in [0, 0.1) is 17.0 Å². The minimum Gasteiger partial charge on any atom is -0.335 e. The highest BCUT2D eigenvalue weighted by Crippen LogP contribution is 2.30. The van der Waals surface area contributed by atoms with Crippen LogP contribution in [0.1, 0.15) is 5.56 Å². The van der Waals surface area contributed by atoms with Crippen LogP contribution in [0.5, 0.6) is 0 Å². The van der Waals surface area contributed by atoms with E-state index in [1.807, 2.05) is 0 Å². The van der Waals surface area contributed by atoms with Crippen LogP contribution in [0.4, 0.5) is 11.4 Å². The van der Waals surface area contributed by atoms with E-state index in [0.29, 0.717) is 37.8 Å². The van der Waals surface area contributed by atoms with Crippen LogP contribution in [-0.2, 0) is 4.79 Å². The average molecular weight is 453 g/mol. The molecule has 150 valence electrons. The zero-order valence-corrected chi connectivity index (χ0v) is 17.3. The Morgan fingerprint density at radius 2 is 2.07 bits per heavy atom. The first kappa shape index (κ1) is 20.9. The van der Waals surface area contributed by atoms with Crippen molar-refractivity contribution in [3.05, 3.63) is 62.1 Å². The van der Waals surface area contributed by atoms with Gasteiger partial charge >= 0.3 is 0 Å². The maximum absolute atomic E-state index is 12.3. The van der Waals surface area contributed by atoms with E-state index in [9.17, 15) is 14.9 Å². The molecule has 0 saturated heterocycles. The lowest BCUT2D eigenvalue weighted by Crippen LogP contribution is -2.17. The Balaban J connectivity index is 1.70. The number of carbonyl (C=O) groups excluding carboxylic acids is 1. The molecule has 0 aliphatic rings. The Bertz CT molecular complexity index is 1100. The highest BCUT2D eigenvalue weighted by atomic mass is 35.5. The molecule has 1 amide bonds. The minimum absolute atomic E-state index is 0.0220. The molecule has 1 aromatic heterocycles. The quantitative estimate of drug-likeness (QED) is 0.251. The van der Waals surface area contributed by atoms with Crippen LogP contribution >= 0.6 is 35.0 Å². The van der Waals surface area contributed by atoms with Crippen molar-refractivity contribution in [3.63, 3.8) is 0 Å². The van der Waals surface area contributed by atoms with Gasteiger partial charge in [-0.3, -0.25) is 14.9 Å². The van der Waals surface area contributed by atoms with Gasteiger partial charge in [-0.05, 0) is 31.2 Å². The predicted molar refractivity (Wildman–Crippen MR) is 113 cm³/mol. The fraction of sp³-hybridized carbons (Fsp3) is 0.118. The number of nitrogens with two attached hydrogens (primary N) is 1. The number of benzene rings is 2. The summed E-state index contributed by atoms with van der Waals surface area (Å²) in [4.78, 5) is 22.8. The molecule has 2 aromatic carbocycles. The molecule has 1 heterocycles. The number of aromatic nitrogens is 3. The number of hydrogen-bond acceptors (Lipinski definition) is 7. The first-order valence-electron chi connectivity index (χ1n) is 8.10. The van der Waals surface area contributed by atoms with Crippen molar-refractivity contribution in [2.75, 3.05) is 16.9 Å².